The van der Waals surface area contributed by atoms with Crippen molar-refractivity contribution in [1.82, 2.24) is 14.5 Å². The number of hydrogen-bond donors (Lipinski definition) is 2. The molecule has 0 spiro atoms. The number of aromatic nitrogens is 2. The van der Waals surface area contributed by atoms with Crippen LogP contribution in [0.5, 0.6) is 0 Å². The summed E-state index contributed by atoms with van der Waals surface area (Å²) >= 11 is 1.39. The van der Waals surface area contributed by atoms with Crippen LogP contribution in [-0.4, -0.2) is 58.5 Å². The Kier molecular flexibility index (Phi) is 4.66. The molecule has 0 amide bonds. The van der Waals surface area contributed by atoms with E-state index < -0.39 is 0 Å². The summed E-state index contributed by atoms with van der Waals surface area (Å²) in [4.78, 5) is 2.24. The van der Waals surface area contributed by atoms with Crippen LogP contribution >= 0.6 is 11.5 Å². The third-order valence-corrected chi connectivity index (χ3v) is 3.42. The van der Waals surface area contributed by atoms with Gasteiger partial charge in [-0.05, 0) is 6.92 Å². The van der Waals surface area contributed by atoms with Crippen LogP contribution in [0.1, 0.15) is 12.6 Å². The number of nitrogens with zero attached hydrogens (tertiary/aromatic N) is 3. The van der Waals surface area contributed by atoms with Gasteiger partial charge in [0.05, 0.1) is 19.3 Å². The van der Waals surface area contributed by atoms with E-state index in [2.05, 4.69) is 26.7 Å². The number of hydrogen-bond acceptors (Lipinski definition) is 7. The van der Waals surface area contributed by atoms with Crippen LogP contribution in [0.15, 0.2) is 0 Å². The first-order valence-corrected chi connectivity index (χ1v) is 6.60. The molecule has 1 unspecified atom stereocenters. The topological polar surface area (TPSA) is 70.5 Å². The van der Waals surface area contributed by atoms with Gasteiger partial charge < -0.3 is 15.2 Å². The summed E-state index contributed by atoms with van der Waals surface area (Å²) in [5.74, 6) is 0. The fraction of sp³-hybridized carbons (Fsp3) is 0.800. The van der Waals surface area contributed by atoms with Gasteiger partial charge in [0.1, 0.15) is 10.7 Å². The van der Waals surface area contributed by atoms with Crippen LogP contribution in [0.3, 0.4) is 0 Å². The summed E-state index contributed by atoms with van der Waals surface area (Å²) in [6.07, 6.45) is -0.0714. The zero-order chi connectivity index (χ0) is 12.1. The van der Waals surface area contributed by atoms with Crippen molar-refractivity contribution >= 4 is 16.5 Å². The van der Waals surface area contributed by atoms with E-state index in [4.69, 9.17) is 9.84 Å². The van der Waals surface area contributed by atoms with Crippen molar-refractivity contribution in [2.24, 2.45) is 0 Å². The Balaban J connectivity index is 1.93. The highest BCUT2D eigenvalue weighted by Gasteiger charge is 2.21. The number of morpholine rings is 1. The first-order chi connectivity index (χ1) is 8.33. The number of ether oxygens (including phenoxy) is 1. The minimum atomic E-state index is -0.0714. The summed E-state index contributed by atoms with van der Waals surface area (Å²) in [6, 6.07) is 0. The van der Waals surface area contributed by atoms with Gasteiger partial charge in [0, 0.05) is 37.7 Å². The minimum Gasteiger partial charge on any atom is -0.394 e. The molecule has 7 heteroatoms. The Labute approximate surface area is 105 Å². The Morgan fingerprint density at radius 3 is 3.29 bits per heavy atom. The standard InChI is InChI=1S/C10H18N4O2S/c1-2-11-10-9(12-13-17-10)6-14-3-4-16-8(5-14)7-15/h8,11,15H,2-7H2,1H3. The molecule has 6 nitrogen and oxygen atoms in total. The lowest BCUT2D eigenvalue weighted by atomic mass is 10.2. The second-order valence-corrected chi connectivity index (χ2v) is 4.74. The summed E-state index contributed by atoms with van der Waals surface area (Å²) in [6.45, 7) is 6.06. The average molecular weight is 258 g/mol. The lowest BCUT2D eigenvalue weighted by Gasteiger charge is -2.31. The molecule has 96 valence electrons. The maximum atomic E-state index is 9.08. The van der Waals surface area contributed by atoms with Gasteiger partial charge in [0.15, 0.2) is 0 Å². The fourth-order valence-corrected chi connectivity index (χ4v) is 2.49. The van der Waals surface area contributed by atoms with E-state index in [0.29, 0.717) is 6.61 Å². The maximum Gasteiger partial charge on any atom is 0.134 e. The van der Waals surface area contributed by atoms with Crippen molar-refractivity contribution in [1.29, 1.82) is 0 Å². The maximum absolute atomic E-state index is 9.08. The number of anilines is 1. The first-order valence-electron chi connectivity index (χ1n) is 5.83. The lowest BCUT2D eigenvalue weighted by Crippen LogP contribution is -2.43. The first kappa shape index (κ1) is 12.7. The Morgan fingerprint density at radius 1 is 1.65 bits per heavy atom. The van der Waals surface area contributed by atoms with E-state index >= 15 is 0 Å². The molecule has 1 saturated heterocycles. The van der Waals surface area contributed by atoms with Crippen LogP contribution in [0.25, 0.3) is 0 Å². The quantitative estimate of drug-likeness (QED) is 0.784. The predicted molar refractivity (Wildman–Crippen MR) is 66.2 cm³/mol. The van der Waals surface area contributed by atoms with Crippen molar-refractivity contribution in [3.63, 3.8) is 0 Å². The Bertz CT molecular complexity index is 347. The van der Waals surface area contributed by atoms with Crippen LogP contribution in [-0.2, 0) is 11.3 Å². The van der Waals surface area contributed by atoms with Gasteiger partial charge in [-0.3, -0.25) is 4.90 Å². The van der Waals surface area contributed by atoms with E-state index in [9.17, 15) is 0 Å². The van der Waals surface area contributed by atoms with Crippen LogP contribution < -0.4 is 5.32 Å². The molecule has 2 heterocycles. The Hall–Kier alpha value is -0.760. The zero-order valence-electron chi connectivity index (χ0n) is 9.93. The highest BCUT2D eigenvalue weighted by Crippen LogP contribution is 2.20. The molecule has 0 radical (unpaired) electrons. The molecule has 1 aliphatic heterocycles. The van der Waals surface area contributed by atoms with Gasteiger partial charge in [-0.15, -0.1) is 5.10 Å². The van der Waals surface area contributed by atoms with Gasteiger partial charge in [-0.25, -0.2) is 0 Å². The lowest BCUT2D eigenvalue weighted by molar-refractivity contribution is -0.0553. The molecular formula is C10H18N4O2S. The van der Waals surface area contributed by atoms with Crippen molar-refractivity contribution in [3.8, 4) is 0 Å². The van der Waals surface area contributed by atoms with Crippen LogP contribution in [0.2, 0.25) is 0 Å². The molecular weight excluding hydrogens is 240 g/mol. The number of nitrogens with one attached hydrogen (secondary N) is 1. The number of aliphatic hydroxyl groups excluding tert-OH is 1. The SMILES string of the molecule is CCNc1snnc1CN1CCOC(CO)C1. The van der Waals surface area contributed by atoms with Gasteiger partial charge >= 0.3 is 0 Å². The summed E-state index contributed by atoms with van der Waals surface area (Å²) in [5.41, 5.74) is 0.982. The minimum absolute atomic E-state index is 0.0714. The molecule has 1 atom stereocenters. The van der Waals surface area contributed by atoms with E-state index in [-0.39, 0.29) is 12.7 Å². The van der Waals surface area contributed by atoms with Gasteiger partial charge in [-0.1, -0.05) is 4.49 Å². The zero-order valence-corrected chi connectivity index (χ0v) is 10.7. The van der Waals surface area contributed by atoms with E-state index in [0.717, 1.165) is 36.9 Å². The molecule has 1 aromatic heterocycles. The third kappa shape index (κ3) is 3.35. The molecule has 2 N–H and O–H groups in total. The smallest absolute Gasteiger partial charge is 0.134 e. The molecule has 0 bridgehead atoms. The monoisotopic (exact) mass is 258 g/mol. The molecule has 2 rings (SSSR count). The molecule has 17 heavy (non-hydrogen) atoms. The highest BCUT2D eigenvalue weighted by molar-refractivity contribution is 7.10. The average Bonchev–Trinajstić information content (AvgIpc) is 2.78. The third-order valence-electron chi connectivity index (χ3n) is 2.69. The van der Waals surface area contributed by atoms with Crippen molar-refractivity contribution in [2.75, 3.05) is 38.2 Å². The molecule has 0 saturated carbocycles. The molecule has 1 aromatic rings. The van der Waals surface area contributed by atoms with Crippen molar-refractivity contribution in [2.45, 2.75) is 19.6 Å². The van der Waals surface area contributed by atoms with Crippen LogP contribution in [0.4, 0.5) is 5.00 Å². The van der Waals surface area contributed by atoms with Crippen molar-refractivity contribution < 1.29 is 9.84 Å². The fourth-order valence-electron chi connectivity index (χ4n) is 1.85. The second-order valence-electron chi connectivity index (χ2n) is 3.99. The Morgan fingerprint density at radius 2 is 2.53 bits per heavy atom. The predicted octanol–water partition coefficient (Wildman–Crippen LogP) is 0.163. The normalized spacial score (nSPS) is 21.6. The summed E-state index contributed by atoms with van der Waals surface area (Å²) in [7, 11) is 0. The molecule has 0 aromatic carbocycles. The molecule has 1 aliphatic rings. The van der Waals surface area contributed by atoms with Crippen LogP contribution in [0, 0.1) is 0 Å². The van der Waals surface area contributed by atoms with E-state index in [1.165, 1.54) is 11.5 Å². The van der Waals surface area contributed by atoms with E-state index in [1.54, 1.807) is 0 Å². The van der Waals surface area contributed by atoms with Gasteiger partial charge in [-0.2, -0.15) is 0 Å². The largest absolute Gasteiger partial charge is 0.394 e. The van der Waals surface area contributed by atoms with Gasteiger partial charge in [0.25, 0.3) is 0 Å². The van der Waals surface area contributed by atoms with Gasteiger partial charge in [0.2, 0.25) is 0 Å². The number of rotatable bonds is 5. The summed E-state index contributed by atoms with van der Waals surface area (Å²) in [5, 5.41) is 17.5. The highest BCUT2D eigenvalue weighted by atomic mass is 32.1. The molecule has 0 aliphatic carbocycles. The van der Waals surface area contributed by atoms with Crippen molar-refractivity contribution in [3.05, 3.63) is 5.69 Å². The number of aliphatic hydroxyl groups is 1. The van der Waals surface area contributed by atoms with E-state index in [1.807, 2.05) is 0 Å². The second kappa shape index (κ2) is 6.25. The summed E-state index contributed by atoms with van der Waals surface area (Å²) < 4.78 is 9.38. The molecule has 1 fully saturated rings.